The third-order valence-corrected chi connectivity index (χ3v) is 7.26. The van der Waals surface area contributed by atoms with Crippen molar-refractivity contribution in [2.24, 2.45) is 17.3 Å². The normalized spacial score (nSPS) is 36.4. The standard InChI is InChI=1S/C21H28O4/c1-21-10-8-16-15-5-3-14(22)12-13(15)2-4-17(16)18(21)6-7-19(21)25-11-9-20(23)24/h3,5,12,16-19,22H,2,4,6-11H2,1H3,(H,23,24). The minimum absolute atomic E-state index is 0.0974. The number of fused-ring (bicyclic) bond motifs is 5. The van der Waals surface area contributed by atoms with Gasteiger partial charge in [0, 0.05) is 0 Å². The Labute approximate surface area is 149 Å². The summed E-state index contributed by atoms with van der Waals surface area (Å²) in [6.45, 7) is 2.71. The molecule has 0 aromatic heterocycles. The zero-order chi connectivity index (χ0) is 17.6. The van der Waals surface area contributed by atoms with Crippen LogP contribution in [0.3, 0.4) is 0 Å². The zero-order valence-corrected chi connectivity index (χ0v) is 14.9. The lowest BCUT2D eigenvalue weighted by Crippen LogP contribution is -2.44. The highest BCUT2D eigenvalue weighted by Gasteiger charge is 2.55. The van der Waals surface area contributed by atoms with Crippen molar-refractivity contribution < 1.29 is 19.7 Å². The van der Waals surface area contributed by atoms with E-state index in [0.29, 0.717) is 30.1 Å². The SMILES string of the molecule is CC12CCC3c4ccc(O)cc4CCC3C1CCC2OCCC(=O)O. The Morgan fingerprint density at radius 3 is 2.92 bits per heavy atom. The predicted octanol–water partition coefficient (Wildman–Crippen LogP) is 4.11. The summed E-state index contributed by atoms with van der Waals surface area (Å²) in [5.74, 6) is 1.58. The molecule has 3 aliphatic rings. The van der Waals surface area contributed by atoms with E-state index in [1.54, 1.807) is 0 Å². The molecule has 0 radical (unpaired) electrons. The molecule has 0 bridgehead atoms. The van der Waals surface area contributed by atoms with E-state index in [1.165, 1.54) is 30.4 Å². The van der Waals surface area contributed by atoms with E-state index in [9.17, 15) is 9.90 Å². The first kappa shape index (κ1) is 16.9. The Morgan fingerprint density at radius 1 is 1.28 bits per heavy atom. The van der Waals surface area contributed by atoms with Crippen LogP contribution in [0.2, 0.25) is 0 Å². The second-order valence-electron chi connectivity index (χ2n) is 8.42. The number of carboxylic acids is 1. The highest BCUT2D eigenvalue weighted by atomic mass is 16.5. The number of phenols is 1. The van der Waals surface area contributed by atoms with Crippen LogP contribution >= 0.6 is 0 Å². The predicted molar refractivity (Wildman–Crippen MR) is 94.7 cm³/mol. The molecule has 2 saturated carbocycles. The maximum Gasteiger partial charge on any atom is 0.305 e. The summed E-state index contributed by atoms with van der Waals surface area (Å²) >= 11 is 0. The number of rotatable bonds is 4. The van der Waals surface area contributed by atoms with Gasteiger partial charge in [-0.2, -0.15) is 0 Å². The van der Waals surface area contributed by atoms with Gasteiger partial charge in [0.05, 0.1) is 19.1 Å². The molecule has 1 aromatic rings. The van der Waals surface area contributed by atoms with E-state index in [-0.39, 0.29) is 17.9 Å². The van der Waals surface area contributed by atoms with Crippen molar-refractivity contribution in [1.29, 1.82) is 0 Å². The number of ether oxygens (including phenoxy) is 1. The lowest BCUT2D eigenvalue weighted by molar-refractivity contribution is -0.139. The average molecular weight is 344 g/mol. The van der Waals surface area contributed by atoms with Crippen LogP contribution in [-0.4, -0.2) is 28.9 Å². The number of hydrogen-bond donors (Lipinski definition) is 2. The first-order valence-electron chi connectivity index (χ1n) is 9.64. The molecule has 2 fully saturated rings. The van der Waals surface area contributed by atoms with E-state index in [1.807, 2.05) is 12.1 Å². The molecule has 0 spiro atoms. The van der Waals surface area contributed by atoms with Crippen molar-refractivity contribution in [2.75, 3.05) is 6.61 Å². The van der Waals surface area contributed by atoms with Gasteiger partial charge in [0.25, 0.3) is 0 Å². The number of hydrogen-bond acceptors (Lipinski definition) is 3. The summed E-state index contributed by atoms with van der Waals surface area (Å²) in [5.41, 5.74) is 2.97. The van der Waals surface area contributed by atoms with Crippen molar-refractivity contribution in [3.8, 4) is 5.75 Å². The van der Waals surface area contributed by atoms with Gasteiger partial charge in [-0.3, -0.25) is 4.79 Å². The summed E-state index contributed by atoms with van der Waals surface area (Å²) in [7, 11) is 0. The lowest BCUT2D eigenvalue weighted by Gasteiger charge is -2.50. The summed E-state index contributed by atoms with van der Waals surface area (Å²) in [5, 5.41) is 18.6. The first-order valence-corrected chi connectivity index (χ1v) is 9.64. The first-order chi connectivity index (χ1) is 12.0. The Balaban J connectivity index is 1.52. The molecule has 3 aliphatic carbocycles. The molecule has 0 saturated heterocycles. The average Bonchev–Trinajstić information content (AvgIpc) is 2.91. The smallest absolute Gasteiger partial charge is 0.305 e. The van der Waals surface area contributed by atoms with Crippen molar-refractivity contribution in [3.63, 3.8) is 0 Å². The van der Waals surface area contributed by atoms with Gasteiger partial charge >= 0.3 is 5.97 Å². The van der Waals surface area contributed by atoms with Crippen LogP contribution < -0.4 is 0 Å². The van der Waals surface area contributed by atoms with Gasteiger partial charge in [-0.25, -0.2) is 0 Å². The Morgan fingerprint density at radius 2 is 2.12 bits per heavy atom. The van der Waals surface area contributed by atoms with Gasteiger partial charge in [-0.1, -0.05) is 13.0 Å². The Kier molecular flexibility index (Phi) is 4.27. The minimum Gasteiger partial charge on any atom is -0.508 e. The maximum atomic E-state index is 10.8. The van der Waals surface area contributed by atoms with E-state index >= 15 is 0 Å². The topological polar surface area (TPSA) is 66.8 Å². The van der Waals surface area contributed by atoms with Gasteiger partial charge in [0.15, 0.2) is 0 Å². The van der Waals surface area contributed by atoms with Gasteiger partial charge in [0.1, 0.15) is 5.75 Å². The number of carbonyl (C=O) groups is 1. The maximum absolute atomic E-state index is 10.8. The molecule has 2 N–H and O–H groups in total. The van der Waals surface area contributed by atoms with Crippen molar-refractivity contribution in [3.05, 3.63) is 29.3 Å². The van der Waals surface area contributed by atoms with Crippen LogP contribution in [0.1, 0.15) is 62.5 Å². The fourth-order valence-electron chi connectivity index (χ4n) is 6.08. The fourth-order valence-corrected chi connectivity index (χ4v) is 6.08. The number of carboxylic acid groups (broad SMARTS) is 1. The van der Waals surface area contributed by atoms with Gasteiger partial charge in [-0.15, -0.1) is 0 Å². The Bertz CT molecular complexity index is 670. The van der Waals surface area contributed by atoms with E-state index in [2.05, 4.69) is 13.0 Å². The summed E-state index contributed by atoms with van der Waals surface area (Å²) in [6, 6.07) is 5.92. The van der Waals surface area contributed by atoms with E-state index < -0.39 is 5.97 Å². The number of phenolic OH excluding ortho intramolecular Hbond substituents is 1. The molecule has 5 unspecified atom stereocenters. The molecule has 1 aromatic carbocycles. The van der Waals surface area contributed by atoms with Crippen LogP contribution in [0, 0.1) is 17.3 Å². The molecule has 0 heterocycles. The second-order valence-corrected chi connectivity index (χ2v) is 8.42. The molecular formula is C21H28O4. The molecular weight excluding hydrogens is 316 g/mol. The molecule has 136 valence electrons. The zero-order valence-electron chi connectivity index (χ0n) is 14.9. The summed E-state index contributed by atoms with van der Waals surface area (Å²) in [4.78, 5) is 10.8. The highest BCUT2D eigenvalue weighted by Crippen LogP contribution is 2.61. The molecule has 25 heavy (non-hydrogen) atoms. The molecule has 4 rings (SSSR count). The fraction of sp³-hybridized carbons (Fsp3) is 0.667. The van der Waals surface area contributed by atoms with E-state index in [4.69, 9.17) is 9.84 Å². The van der Waals surface area contributed by atoms with Gasteiger partial charge < -0.3 is 14.9 Å². The number of benzene rings is 1. The highest BCUT2D eigenvalue weighted by molar-refractivity contribution is 5.66. The Hall–Kier alpha value is -1.55. The summed E-state index contributed by atoms with van der Waals surface area (Å²) < 4.78 is 6.04. The molecule has 0 amide bonds. The molecule has 5 atom stereocenters. The van der Waals surface area contributed by atoms with Gasteiger partial charge in [0.2, 0.25) is 0 Å². The van der Waals surface area contributed by atoms with E-state index in [0.717, 1.165) is 19.3 Å². The largest absolute Gasteiger partial charge is 0.508 e. The third kappa shape index (κ3) is 2.84. The monoisotopic (exact) mass is 344 g/mol. The number of aryl methyl sites for hydroxylation is 1. The van der Waals surface area contributed by atoms with Crippen molar-refractivity contribution in [1.82, 2.24) is 0 Å². The quantitative estimate of drug-likeness (QED) is 0.863. The molecule has 4 nitrogen and oxygen atoms in total. The minimum atomic E-state index is -0.782. The summed E-state index contributed by atoms with van der Waals surface area (Å²) in [6.07, 6.45) is 7.14. The van der Waals surface area contributed by atoms with Crippen LogP contribution in [-0.2, 0) is 16.0 Å². The van der Waals surface area contributed by atoms with Crippen LogP contribution in [0.15, 0.2) is 18.2 Å². The van der Waals surface area contributed by atoms with Crippen LogP contribution in [0.25, 0.3) is 0 Å². The second kappa shape index (κ2) is 6.31. The van der Waals surface area contributed by atoms with Crippen molar-refractivity contribution in [2.45, 2.75) is 63.9 Å². The van der Waals surface area contributed by atoms with Gasteiger partial charge in [-0.05, 0) is 85.0 Å². The molecule has 4 heteroatoms. The van der Waals surface area contributed by atoms with Crippen molar-refractivity contribution >= 4 is 5.97 Å². The number of aromatic hydroxyl groups is 1. The third-order valence-electron chi connectivity index (χ3n) is 7.26. The lowest BCUT2D eigenvalue weighted by atomic mass is 9.55. The van der Waals surface area contributed by atoms with Crippen LogP contribution in [0.4, 0.5) is 0 Å². The number of aliphatic carboxylic acids is 1. The van der Waals surface area contributed by atoms with Crippen LogP contribution in [0.5, 0.6) is 5.75 Å². The molecule has 0 aliphatic heterocycles.